The fraction of sp³-hybridized carbons (Fsp3) is 0.143. The third-order valence-electron chi connectivity index (χ3n) is 3.22. The molecule has 1 aliphatic rings. The summed E-state index contributed by atoms with van der Waals surface area (Å²) in [5, 5.41) is 10.8. The van der Waals surface area contributed by atoms with Crippen LogP contribution in [0, 0.1) is 0 Å². The number of aliphatic hydroxyl groups is 1. The van der Waals surface area contributed by atoms with Gasteiger partial charge in [-0.05, 0) is 29.8 Å². The van der Waals surface area contributed by atoms with E-state index < -0.39 is 5.60 Å². The van der Waals surface area contributed by atoms with Gasteiger partial charge in [0.2, 0.25) is 0 Å². The summed E-state index contributed by atoms with van der Waals surface area (Å²) in [5.41, 5.74) is 0.341. The maximum absolute atomic E-state index is 11.9. The third-order valence-corrected chi connectivity index (χ3v) is 3.71. The van der Waals surface area contributed by atoms with Crippen LogP contribution >= 0.6 is 15.9 Å². The first-order valence-corrected chi connectivity index (χ1v) is 6.38. The molecule has 90 valence electrons. The van der Waals surface area contributed by atoms with Gasteiger partial charge in [-0.2, -0.15) is 0 Å². The average Bonchev–Trinajstić information content (AvgIpc) is 2.64. The largest absolute Gasteiger partial charge is 0.378 e. The van der Waals surface area contributed by atoms with Crippen LogP contribution in [-0.2, 0) is 5.60 Å². The molecule has 1 aliphatic carbocycles. The molecule has 0 spiro atoms. The molecular weight excluding hydrogens is 294 g/mol. The van der Waals surface area contributed by atoms with Gasteiger partial charge in [0.25, 0.3) is 0 Å². The van der Waals surface area contributed by atoms with Gasteiger partial charge in [0, 0.05) is 22.7 Å². The van der Waals surface area contributed by atoms with Gasteiger partial charge in [0.1, 0.15) is 5.60 Å². The zero-order valence-corrected chi connectivity index (χ0v) is 11.0. The molecule has 0 aliphatic heterocycles. The Morgan fingerprint density at radius 1 is 1.28 bits per heavy atom. The van der Waals surface area contributed by atoms with Crippen LogP contribution in [0.2, 0.25) is 0 Å². The lowest BCUT2D eigenvalue weighted by Gasteiger charge is -2.22. The van der Waals surface area contributed by atoms with Crippen molar-refractivity contribution in [3.63, 3.8) is 0 Å². The van der Waals surface area contributed by atoms with Crippen LogP contribution in [0.4, 0.5) is 0 Å². The summed E-state index contributed by atoms with van der Waals surface area (Å²) in [4.78, 5) is 16.1. The van der Waals surface area contributed by atoms with E-state index in [0.29, 0.717) is 16.8 Å². The molecule has 0 fully saturated rings. The minimum absolute atomic E-state index is 0.0514. The zero-order valence-electron chi connectivity index (χ0n) is 9.43. The molecule has 2 aromatic rings. The van der Waals surface area contributed by atoms with Gasteiger partial charge >= 0.3 is 0 Å². The topological polar surface area (TPSA) is 50.2 Å². The number of carbonyl (C=O) groups is 1. The number of hydrogen-bond acceptors (Lipinski definition) is 3. The van der Waals surface area contributed by atoms with Crippen molar-refractivity contribution in [2.24, 2.45) is 0 Å². The lowest BCUT2D eigenvalue weighted by atomic mass is 9.91. The zero-order chi connectivity index (χ0) is 12.8. The molecule has 1 atom stereocenters. The van der Waals surface area contributed by atoms with Crippen LogP contribution in [0.15, 0.2) is 47.1 Å². The molecule has 18 heavy (non-hydrogen) atoms. The summed E-state index contributed by atoms with van der Waals surface area (Å²) < 4.78 is 0.866. The molecular formula is C14H10BrNO2. The Morgan fingerprint density at radius 2 is 2.11 bits per heavy atom. The van der Waals surface area contributed by atoms with Crippen LogP contribution in [0.1, 0.15) is 28.0 Å². The van der Waals surface area contributed by atoms with Crippen LogP contribution in [0.25, 0.3) is 0 Å². The Bertz CT molecular complexity index is 641. The van der Waals surface area contributed by atoms with Crippen molar-refractivity contribution in [3.05, 3.63) is 63.9 Å². The molecule has 0 saturated heterocycles. The van der Waals surface area contributed by atoms with Crippen LogP contribution in [0.5, 0.6) is 0 Å². The molecule has 1 aromatic heterocycles. The minimum atomic E-state index is -1.31. The van der Waals surface area contributed by atoms with E-state index in [-0.39, 0.29) is 12.2 Å². The Kier molecular flexibility index (Phi) is 2.57. The molecule has 1 heterocycles. The van der Waals surface area contributed by atoms with E-state index in [0.717, 1.165) is 4.47 Å². The third kappa shape index (κ3) is 1.61. The van der Waals surface area contributed by atoms with E-state index in [1.807, 2.05) is 24.3 Å². The van der Waals surface area contributed by atoms with Gasteiger partial charge in [0.15, 0.2) is 5.78 Å². The summed E-state index contributed by atoms with van der Waals surface area (Å²) >= 11 is 3.37. The number of fused-ring (bicyclic) bond motifs is 1. The number of carbonyl (C=O) groups excluding carboxylic acids is 1. The maximum atomic E-state index is 11.9. The Labute approximate surface area is 113 Å². The van der Waals surface area contributed by atoms with E-state index in [9.17, 15) is 9.90 Å². The first-order chi connectivity index (χ1) is 8.61. The summed E-state index contributed by atoms with van der Waals surface area (Å²) in [5.74, 6) is -0.0689. The number of rotatable bonds is 1. The Balaban J connectivity index is 2.21. The first-order valence-electron chi connectivity index (χ1n) is 5.58. The molecule has 1 unspecified atom stereocenters. The monoisotopic (exact) mass is 303 g/mol. The number of Topliss-reactive ketones (excluding diaryl/α,β-unsaturated/α-hetero) is 1. The normalized spacial score (nSPS) is 22.0. The predicted molar refractivity (Wildman–Crippen MR) is 70.3 cm³/mol. The molecule has 3 rings (SSSR count). The molecule has 1 aromatic carbocycles. The van der Waals surface area contributed by atoms with Crippen LogP contribution in [-0.4, -0.2) is 15.9 Å². The van der Waals surface area contributed by atoms with Gasteiger partial charge in [-0.15, -0.1) is 0 Å². The van der Waals surface area contributed by atoms with E-state index in [2.05, 4.69) is 20.9 Å². The van der Waals surface area contributed by atoms with Gasteiger partial charge < -0.3 is 5.11 Å². The average molecular weight is 304 g/mol. The van der Waals surface area contributed by atoms with Crippen molar-refractivity contribution >= 4 is 21.7 Å². The molecule has 1 N–H and O–H groups in total. The first kappa shape index (κ1) is 11.6. The number of nitrogens with zero attached hydrogens (tertiary/aromatic N) is 1. The Morgan fingerprint density at radius 3 is 2.89 bits per heavy atom. The van der Waals surface area contributed by atoms with Crippen LogP contribution in [0.3, 0.4) is 0 Å². The number of aromatic nitrogens is 1. The molecule has 0 saturated carbocycles. The molecule has 0 radical (unpaired) electrons. The van der Waals surface area contributed by atoms with E-state index >= 15 is 0 Å². The predicted octanol–water partition coefficient (Wildman–Crippen LogP) is 2.67. The van der Waals surface area contributed by atoms with Crippen molar-refractivity contribution in [2.45, 2.75) is 12.0 Å². The van der Waals surface area contributed by atoms with Crippen molar-refractivity contribution in [1.29, 1.82) is 0 Å². The lowest BCUT2D eigenvalue weighted by Crippen LogP contribution is -2.25. The number of benzene rings is 1. The van der Waals surface area contributed by atoms with Crippen molar-refractivity contribution in [2.75, 3.05) is 0 Å². The number of halogens is 1. The number of pyridine rings is 1. The van der Waals surface area contributed by atoms with E-state index in [1.165, 1.54) is 0 Å². The van der Waals surface area contributed by atoms with E-state index in [1.54, 1.807) is 18.3 Å². The summed E-state index contributed by atoms with van der Waals surface area (Å²) in [6, 6.07) is 10.8. The van der Waals surface area contributed by atoms with Gasteiger partial charge in [-0.25, -0.2) is 0 Å². The second-order valence-electron chi connectivity index (χ2n) is 4.37. The standard InChI is InChI=1S/C14H10BrNO2/c15-10-4-1-3-9(7-10)14(18)8-12(17)11-5-2-6-16-13(11)14/h1-7,18H,8H2. The summed E-state index contributed by atoms with van der Waals surface area (Å²) in [6.45, 7) is 0. The fourth-order valence-corrected chi connectivity index (χ4v) is 2.75. The molecule has 4 heteroatoms. The molecule has 0 amide bonds. The SMILES string of the molecule is O=C1CC(O)(c2cccc(Br)c2)c2ncccc21. The van der Waals surface area contributed by atoms with Gasteiger partial charge in [-0.3, -0.25) is 9.78 Å². The highest BCUT2D eigenvalue weighted by Gasteiger charge is 2.44. The van der Waals surface area contributed by atoms with Crippen molar-refractivity contribution in [1.82, 2.24) is 4.98 Å². The van der Waals surface area contributed by atoms with E-state index in [4.69, 9.17) is 0 Å². The second-order valence-corrected chi connectivity index (χ2v) is 5.29. The van der Waals surface area contributed by atoms with Gasteiger partial charge in [0.05, 0.1) is 5.69 Å². The quantitative estimate of drug-likeness (QED) is 0.881. The smallest absolute Gasteiger partial charge is 0.168 e. The van der Waals surface area contributed by atoms with Crippen molar-refractivity contribution < 1.29 is 9.90 Å². The maximum Gasteiger partial charge on any atom is 0.168 e. The highest BCUT2D eigenvalue weighted by atomic mass is 79.9. The summed E-state index contributed by atoms with van der Waals surface area (Å²) in [6.07, 6.45) is 1.65. The van der Waals surface area contributed by atoms with Crippen LogP contribution < -0.4 is 0 Å². The number of ketones is 1. The molecule has 3 nitrogen and oxygen atoms in total. The minimum Gasteiger partial charge on any atom is -0.378 e. The Hall–Kier alpha value is -1.52. The highest BCUT2D eigenvalue weighted by Crippen LogP contribution is 2.40. The van der Waals surface area contributed by atoms with Crippen molar-refractivity contribution in [3.8, 4) is 0 Å². The summed E-state index contributed by atoms with van der Waals surface area (Å²) in [7, 11) is 0. The molecule has 0 bridgehead atoms. The fourth-order valence-electron chi connectivity index (χ4n) is 2.36. The van der Waals surface area contributed by atoms with Gasteiger partial charge in [-0.1, -0.05) is 28.1 Å². The highest BCUT2D eigenvalue weighted by molar-refractivity contribution is 9.10. The second kappa shape index (κ2) is 4.00. The lowest BCUT2D eigenvalue weighted by molar-refractivity contribution is 0.0664. The number of hydrogen-bond donors (Lipinski definition) is 1.